The van der Waals surface area contributed by atoms with Crippen molar-refractivity contribution >= 4 is 17.7 Å². The molecule has 2 N–H and O–H groups in total. The largest absolute Gasteiger partial charge is 0.355 e. The molecule has 0 atom stereocenters. The van der Waals surface area contributed by atoms with Crippen molar-refractivity contribution in [3.63, 3.8) is 0 Å². The van der Waals surface area contributed by atoms with E-state index in [2.05, 4.69) is 27.4 Å². The zero-order valence-electron chi connectivity index (χ0n) is 10.0. The van der Waals surface area contributed by atoms with Crippen molar-refractivity contribution in [3.05, 3.63) is 5.82 Å². The minimum Gasteiger partial charge on any atom is -0.355 e. The highest BCUT2D eigenvalue weighted by Gasteiger charge is 2.27. The van der Waals surface area contributed by atoms with E-state index in [1.807, 2.05) is 0 Å². The molecule has 1 saturated carbocycles. The molecule has 0 aliphatic heterocycles. The van der Waals surface area contributed by atoms with Crippen LogP contribution in [-0.4, -0.2) is 33.4 Å². The molecule has 0 bridgehead atoms. The molecule has 1 aliphatic rings. The van der Waals surface area contributed by atoms with E-state index in [1.54, 1.807) is 0 Å². The van der Waals surface area contributed by atoms with Gasteiger partial charge in [0.2, 0.25) is 11.1 Å². The van der Waals surface area contributed by atoms with Gasteiger partial charge in [-0.1, -0.05) is 25.1 Å². The summed E-state index contributed by atoms with van der Waals surface area (Å²) in [6.45, 7) is 2.87. The summed E-state index contributed by atoms with van der Waals surface area (Å²) in [7, 11) is 0. The van der Waals surface area contributed by atoms with Crippen LogP contribution in [0.1, 0.15) is 44.3 Å². The number of aromatic amines is 1. The van der Waals surface area contributed by atoms with Crippen molar-refractivity contribution in [1.29, 1.82) is 0 Å². The minimum atomic E-state index is 0.0567. The van der Waals surface area contributed by atoms with E-state index in [4.69, 9.17) is 0 Å². The first kappa shape index (κ1) is 12.4. The number of H-pyrrole nitrogens is 1. The average molecular weight is 254 g/mol. The number of rotatable bonds is 7. The van der Waals surface area contributed by atoms with E-state index in [-0.39, 0.29) is 5.91 Å². The molecule has 0 unspecified atom stereocenters. The van der Waals surface area contributed by atoms with Gasteiger partial charge >= 0.3 is 0 Å². The molecule has 1 fully saturated rings. The zero-order valence-corrected chi connectivity index (χ0v) is 10.8. The van der Waals surface area contributed by atoms with E-state index < -0.39 is 0 Å². The molecule has 6 heteroatoms. The SMILES string of the molecule is CCCCNC(=O)CSc1n[nH]c(C2CC2)n1. The highest BCUT2D eigenvalue weighted by molar-refractivity contribution is 7.99. The highest BCUT2D eigenvalue weighted by Crippen LogP contribution is 2.38. The first-order valence-corrected chi connectivity index (χ1v) is 7.10. The molecule has 0 radical (unpaired) electrons. The van der Waals surface area contributed by atoms with Gasteiger partial charge < -0.3 is 5.32 Å². The standard InChI is InChI=1S/C11H18N4OS/c1-2-3-6-12-9(16)7-17-11-13-10(14-15-11)8-4-5-8/h8H,2-7H2,1H3,(H,12,16)(H,13,14,15). The van der Waals surface area contributed by atoms with Crippen molar-refractivity contribution in [2.75, 3.05) is 12.3 Å². The van der Waals surface area contributed by atoms with Crippen molar-refractivity contribution in [1.82, 2.24) is 20.5 Å². The number of carbonyl (C=O) groups excluding carboxylic acids is 1. The summed E-state index contributed by atoms with van der Waals surface area (Å²) >= 11 is 1.39. The van der Waals surface area contributed by atoms with Crippen LogP contribution in [0, 0.1) is 0 Å². The smallest absolute Gasteiger partial charge is 0.230 e. The first-order valence-electron chi connectivity index (χ1n) is 6.11. The topological polar surface area (TPSA) is 70.7 Å². The maximum absolute atomic E-state index is 11.4. The maximum Gasteiger partial charge on any atom is 0.230 e. The summed E-state index contributed by atoms with van der Waals surface area (Å²) in [5.74, 6) is 2.00. The van der Waals surface area contributed by atoms with Crippen molar-refractivity contribution < 1.29 is 4.79 Å². The van der Waals surface area contributed by atoms with Gasteiger partial charge in [-0.05, 0) is 19.3 Å². The van der Waals surface area contributed by atoms with E-state index >= 15 is 0 Å². The lowest BCUT2D eigenvalue weighted by Gasteiger charge is -2.01. The third-order valence-electron chi connectivity index (χ3n) is 2.63. The second-order valence-electron chi connectivity index (χ2n) is 4.27. The number of hydrogen-bond acceptors (Lipinski definition) is 4. The third kappa shape index (κ3) is 4.03. The Hall–Kier alpha value is -1.04. The van der Waals surface area contributed by atoms with Crippen LogP contribution < -0.4 is 5.32 Å². The molecule has 2 rings (SSSR count). The minimum absolute atomic E-state index is 0.0567. The predicted octanol–water partition coefficient (Wildman–Crippen LogP) is 1.69. The molecular formula is C11H18N4OS. The monoisotopic (exact) mass is 254 g/mol. The second-order valence-corrected chi connectivity index (χ2v) is 5.21. The summed E-state index contributed by atoms with van der Waals surface area (Å²) < 4.78 is 0. The van der Waals surface area contributed by atoms with Crippen molar-refractivity contribution in [2.45, 2.75) is 43.7 Å². The Balaban J connectivity index is 1.67. The summed E-state index contributed by atoms with van der Waals surface area (Å²) in [6.07, 6.45) is 4.54. The Bertz CT molecular complexity index is 375. The molecule has 17 heavy (non-hydrogen) atoms. The van der Waals surface area contributed by atoms with Gasteiger partial charge in [-0.15, -0.1) is 5.10 Å². The molecule has 0 spiro atoms. The Morgan fingerprint density at radius 3 is 3.12 bits per heavy atom. The fraction of sp³-hybridized carbons (Fsp3) is 0.727. The van der Waals surface area contributed by atoms with Crippen LogP contribution in [0.25, 0.3) is 0 Å². The van der Waals surface area contributed by atoms with Gasteiger partial charge in [0.1, 0.15) is 5.82 Å². The molecule has 1 aromatic heterocycles. The highest BCUT2D eigenvalue weighted by atomic mass is 32.2. The lowest BCUT2D eigenvalue weighted by atomic mass is 10.3. The van der Waals surface area contributed by atoms with E-state index in [9.17, 15) is 4.79 Å². The van der Waals surface area contributed by atoms with Crippen LogP contribution in [0.3, 0.4) is 0 Å². The van der Waals surface area contributed by atoms with Crippen LogP contribution in [0.4, 0.5) is 0 Å². The molecule has 1 aromatic rings. The van der Waals surface area contributed by atoms with E-state index in [0.717, 1.165) is 25.2 Å². The van der Waals surface area contributed by atoms with Crippen LogP contribution in [-0.2, 0) is 4.79 Å². The number of carbonyl (C=O) groups is 1. The van der Waals surface area contributed by atoms with Gasteiger partial charge in [-0.25, -0.2) is 4.98 Å². The molecule has 5 nitrogen and oxygen atoms in total. The van der Waals surface area contributed by atoms with Crippen molar-refractivity contribution in [3.8, 4) is 0 Å². The Morgan fingerprint density at radius 1 is 1.59 bits per heavy atom. The van der Waals surface area contributed by atoms with Gasteiger partial charge in [-0.3, -0.25) is 9.89 Å². The fourth-order valence-electron chi connectivity index (χ4n) is 1.45. The van der Waals surface area contributed by atoms with Crippen LogP contribution >= 0.6 is 11.8 Å². The van der Waals surface area contributed by atoms with Gasteiger partial charge in [0.15, 0.2) is 0 Å². The number of nitrogens with one attached hydrogen (secondary N) is 2. The van der Waals surface area contributed by atoms with E-state index in [0.29, 0.717) is 16.8 Å². The Labute approximate surface area is 105 Å². The Kier molecular flexibility index (Phi) is 4.42. The predicted molar refractivity (Wildman–Crippen MR) is 67.0 cm³/mol. The molecule has 94 valence electrons. The Morgan fingerprint density at radius 2 is 2.41 bits per heavy atom. The number of aromatic nitrogens is 3. The van der Waals surface area contributed by atoms with Gasteiger partial charge in [0.05, 0.1) is 5.75 Å². The lowest BCUT2D eigenvalue weighted by Crippen LogP contribution is -2.26. The fourth-order valence-corrected chi connectivity index (χ4v) is 2.08. The number of hydrogen-bond donors (Lipinski definition) is 2. The normalized spacial score (nSPS) is 14.9. The van der Waals surface area contributed by atoms with Gasteiger partial charge in [0, 0.05) is 12.5 Å². The summed E-state index contributed by atoms with van der Waals surface area (Å²) in [5.41, 5.74) is 0. The zero-order chi connectivity index (χ0) is 12.1. The second kappa shape index (κ2) is 6.05. The van der Waals surface area contributed by atoms with Crippen LogP contribution in [0.15, 0.2) is 5.16 Å². The maximum atomic E-state index is 11.4. The number of nitrogens with zero attached hydrogens (tertiary/aromatic N) is 2. The number of thioether (sulfide) groups is 1. The third-order valence-corrected chi connectivity index (χ3v) is 3.48. The number of unbranched alkanes of at least 4 members (excludes halogenated alkanes) is 1. The van der Waals surface area contributed by atoms with Crippen LogP contribution in [0.5, 0.6) is 0 Å². The average Bonchev–Trinajstić information content (AvgIpc) is 3.07. The lowest BCUT2D eigenvalue weighted by molar-refractivity contribution is -0.118. The molecule has 0 aromatic carbocycles. The van der Waals surface area contributed by atoms with Crippen molar-refractivity contribution in [2.24, 2.45) is 0 Å². The van der Waals surface area contributed by atoms with Gasteiger partial charge in [-0.2, -0.15) is 0 Å². The molecule has 1 aliphatic carbocycles. The molecular weight excluding hydrogens is 236 g/mol. The summed E-state index contributed by atoms with van der Waals surface area (Å²) in [4.78, 5) is 15.8. The first-order chi connectivity index (χ1) is 8.29. The number of amides is 1. The van der Waals surface area contributed by atoms with Gasteiger partial charge in [0.25, 0.3) is 0 Å². The molecule has 0 saturated heterocycles. The van der Waals surface area contributed by atoms with E-state index in [1.165, 1.54) is 24.6 Å². The summed E-state index contributed by atoms with van der Waals surface area (Å²) in [6, 6.07) is 0. The van der Waals surface area contributed by atoms with Crippen LogP contribution in [0.2, 0.25) is 0 Å². The summed E-state index contributed by atoms with van der Waals surface area (Å²) in [5, 5.41) is 10.6. The molecule has 1 amide bonds. The molecule has 1 heterocycles. The quantitative estimate of drug-likeness (QED) is 0.574.